The van der Waals surface area contributed by atoms with Crippen LogP contribution in [0.5, 0.6) is 0 Å². The highest BCUT2D eigenvalue weighted by Crippen LogP contribution is 2.56. The molecule has 21 heavy (non-hydrogen) atoms. The van der Waals surface area contributed by atoms with Crippen molar-refractivity contribution >= 4 is 12.1 Å². The van der Waals surface area contributed by atoms with Gasteiger partial charge in [-0.25, -0.2) is 4.79 Å². The Morgan fingerprint density at radius 1 is 1.38 bits per heavy atom. The van der Waals surface area contributed by atoms with E-state index >= 15 is 0 Å². The molecule has 7 heteroatoms. The number of carbonyl (C=O) groups excluding carboxylic acids is 2. The zero-order valence-corrected chi connectivity index (χ0v) is 12.5. The highest BCUT2D eigenvalue weighted by molar-refractivity contribution is 5.74. The number of fused-ring (bicyclic) bond motifs is 5. The number of esters is 1. The Morgan fingerprint density at radius 3 is 2.57 bits per heavy atom. The molecule has 3 rings (SSSR count). The molecule has 114 valence electrons. The fourth-order valence-electron chi connectivity index (χ4n) is 3.36. The Balaban J connectivity index is 1.75. The van der Waals surface area contributed by atoms with Crippen LogP contribution >= 0.6 is 0 Å². The molecule has 0 N–H and O–H groups in total. The molecular weight excluding hydrogens is 276 g/mol. The van der Waals surface area contributed by atoms with Crippen LogP contribution in [0, 0.1) is 11.3 Å². The first-order chi connectivity index (χ1) is 9.68. The summed E-state index contributed by atoms with van der Waals surface area (Å²) in [6.45, 7) is 6.66. The maximum atomic E-state index is 12.1. The van der Waals surface area contributed by atoms with Crippen molar-refractivity contribution in [1.82, 2.24) is 4.90 Å². The number of hydrogen-bond donors (Lipinski definition) is 0. The highest BCUT2D eigenvalue weighted by Gasteiger charge is 2.77. The van der Waals surface area contributed by atoms with E-state index in [1.54, 1.807) is 25.7 Å². The Kier molecular flexibility index (Phi) is 2.76. The van der Waals surface area contributed by atoms with Crippen LogP contribution in [0.1, 0.15) is 34.1 Å². The first kappa shape index (κ1) is 14.1. The lowest BCUT2D eigenvalue weighted by Gasteiger charge is -2.26. The molecule has 3 aliphatic rings. The minimum absolute atomic E-state index is 0.0677. The molecule has 7 nitrogen and oxygen atoms in total. The second kappa shape index (κ2) is 4.10. The smallest absolute Gasteiger partial charge is 0.411 e. The number of hydrogen-bond acceptors (Lipinski definition) is 6. The monoisotopic (exact) mass is 294 g/mol. The van der Waals surface area contributed by atoms with Crippen LogP contribution in [0.3, 0.4) is 0 Å². The van der Waals surface area contributed by atoms with Crippen LogP contribution in [0.2, 0.25) is 0 Å². The largest absolute Gasteiger partial charge is 0.444 e. The van der Waals surface area contributed by atoms with E-state index in [2.05, 4.69) is 6.07 Å². The molecule has 0 aromatic rings. The molecule has 1 amide bonds. The summed E-state index contributed by atoms with van der Waals surface area (Å²) >= 11 is 0. The molecule has 0 aromatic carbocycles. The highest BCUT2D eigenvalue weighted by atomic mass is 16.6. The standard InChI is InChI=1S/C14H18N2O5/c1-7(17)20-14(6-15)5-8-9-10(11(14)19-8)16(9)12(18)21-13(2,3)4/h8-11H,5H2,1-4H3. The summed E-state index contributed by atoms with van der Waals surface area (Å²) in [7, 11) is 0. The quantitative estimate of drug-likeness (QED) is 0.529. The maximum absolute atomic E-state index is 12.1. The molecule has 3 heterocycles. The predicted molar refractivity (Wildman–Crippen MR) is 69.0 cm³/mol. The van der Waals surface area contributed by atoms with Crippen molar-refractivity contribution in [2.45, 2.75) is 69.6 Å². The first-order valence-electron chi connectivity index (χ1n) is 6.96. The second-order valence-electron chi connectivity index (χ2n) is 6.76. The number of morpholine rings is 1. The molecule has 0 spiro atoms. The Hall–Kier alpha value is -1.81. The zero-order chi connectivity index (χ0) is 15.6. The molecule has 5 atom stereocenters. The summed E-state index contributed by atoms with van der Waals surface area (Å²) in [5, 5.41) is 9.39. The van der Waals surface area contributed by atoms with Crippen molar-refractivity contribution in [1.29, 1.82) is 5.26 Å². The van der Waals surface area contributed by atoms with Gasteiger partial charge in [0.15, 0.2) is 0 Å². The number of carbonyl (C=O) groups is 2. The summed E-state index contributed by atoms with van der Waals surface area (Å²) in [5.41, 5.74) is -1.86. The van der Waals surface area contributed by atoms with Gasteiger partial charge in [0.05, 0.1) is 18.2 Å². The summed E-state index contributed by atoms with van der Waals surface area (Å²) in [5.74, 6) is -0.520. The van der Waals surface area contributed by atoms with Gasteiger partial charge in [-0.2, -0.15) is 5.26 Å². The summed E-state index contributed by atoms with van der Waals surface area (Å²) in [4.78, 5) is 25.0. The number of ether oxygens (including phenoxy) is 3. The summed E-state index contributed by atoms with van der Waals surface area (Å²) in [6.07, 6.45) is -0.971. The van der Waals surface area contributed by atoms with Crippen LogP contribution in [0.25, 0.3) is 0 Å². The van der Waals surface area contributed by atoms with Gasteiger partial charge in [0.1, 0.15) is 17.8 Å². The molecule has 0 saturated carbocycles. The Labute approximate surface area is 122 Å². The van der Waals surface area contributed by atoms with Crippen LogP contribution < -0.4 is 0 Å². The van der Waals surface area contributed by atoms with Crippen molar-refractivity contribution in [2.75, 3.05) is 0 Å². The van der Waals surface area contributed by atoms with Gasteiger partial charge in [-0.15, -0.1) is 0 Å². The number of amides is 1. The van der Waals surface area contributed by atoms with Gasteiger partial charge >= 0.3 is 12.1 Å². The molecule has 0 radical (unpaired) electrons. The van der Waals surface area contributed by atoms with Gasteiger partial charge in [0.25, 0.3) is 0 Å². The number of rotatable bonds is 1. The number of nitriles is 1. The minimum Gasteiger partial charge on any atom is -0.444 e. The van der Waals surface area contributed by atoms with E-state index in [-0.39, 0.29) is 18.2 Å². The molecule has 0 aromatic heterocycles. The first-order valence-corrected chi connectivity index (χ1v) is 6.96. The van der Waals surface area contributed by atoms with E-state index in [0.717, 1.165) is 0 Å². The number of likely N-dealkylation sites (tertiary alicyclic amines) is 1. The van der Waals surface area contributed by atoms with Gasteiger partial charge < -0.3 is 14.2 Å². The van der Waals surface area contributed by atoms with E-state index in [1.807, 2.05) is 0 Å². The molecule has 3 fully saturated rings. The Morgan fingerprint density at radius 2 is 2.05 bits per heavy atom. The van der Waals surface area contributed by atoms with Crippen LogP contribution in [0.4, 0.5) is 4.79 Å². The van der Waals surface area contributed by atoms with Gasteiger partial charge in [0.2, 0.25) is 5.60 Å². The fraction of sp³-hybridized carbons (Fsp3) is 0.786. The fourth-order valence-corrected chi connectivity index (χ4v) is 3.36. The average Bonchev–Trinajstić information content (AvgIpc) is 2.85. The van der Waals surface area contributed by atoms with Crippen molar-refractivity contribution in [3.8, 4) is 6.07 Å². The molecule has 2 bridgehead atoms. The van der Waals surface area contributed by atoms with Crippen molar-refractivity contribution in [3.63, 3.8) is 0 Å². The van der Waals surface area contributed by atoms with Crippen molar-refractivity contribution < 1.29 is 23.8 Å². The van der Waals surface area contributed by atoms with Gasteiger partial charge in [-0.1, -0.05) is 0 Å². The molecule has 3 aliphatic heterocycles. The van der Waals surface area contributed by atoms with Gasteiger partial charge in [-0.05, 0) is 20.8 Å². The lowest BCUT2D eigenvalue weighted by molar-refractivity contribution is -0.156. The Bertz CT molecular complexity index is 549. The normalized spacial score (nSPS) is 39.5. The van der Waals surface area contributed by atoms with Crippen LogP contribution in [-0.2, 0) is 19.0 Å². The number of nitrogens with zero attached hydrogens (tertiary/aromatic N) is 2. The third-order valence-corrected chi connectivity index (χ3v) is 4.00. The lowest BCUT2D eigenvalue weighted by Crippen LogP contribution is -2.46. The predicted octanol–water partition coefficient (Wildman–Crippen LogP) is 0.971. The van der Waals surface area contributed by atoms with E-state index < -0.39 is 29.4 Å². The van der Waals surface area contributed by atoms with Gasteiger partial charge in [-0.3, -0.25) is 9.69 Å². The summed E-state index contributed by atoms with van der Waals surface area (Å²) < 4.78 is 16.3. The SMILES string of the molecule is CC(=O)OC1(C#N)CC2OC1C1C2N1C(=O)OC(C)(C)C. The third-order valence-electron chi connectivity index (χ3n) is 4.00. The van der Waals surface area contributed by atoms with Crippen molar-refractivity contribution in [3.05, 3.63) is 0 Å². The van der Waals surface area contributed by atoms with E-state index in [4.69, 9.17) is 14.2 Å². The molecule has 0 aliphatic carbocycles. The topological polar surface area (TPSA) is 88.6 Å². The zero-order valence-electron chi connectivity index (χ0n) is 12.5. The third kappa shape index (κ3) is 2.05. The second-order valence-corrected chi connectivity index (χ2v) is 6.76. The molecule has 5 unspecified atom stereocenters. The van der Waals surface area contributed by atoms with E-state index in [9.17, 15) is 14.9 Å². The average molecular weight is 294 g/mol. The summed E-state index contributed by atoms with van der Waals surface area (Å²) in [6, 6.07) is 1.75. The maximum Gasteiger partial charge on any atom is 0.411 e. The van der Waals surface area contributed by atoms with Crippen LogP contribution in [-0.4, -0.2) is 52.5 Å². The van der Waals surface area contributed by atoms with Crippen LogP contribution in [0.15, 0.2) is 0 Å². The van der Waals surface area contributed by atoms with E-state index in [1.165, 1.54) is 6.92 Å². The van der Waals surface area contributed by atoms with E-state index in [0.29, 0.717) is 6.42 Å². The van der Waals surface area contributed by atoms with Gasteiger partial charge in [0, 0.05) is 13.3 Å². The minimum atomic E-state index is -1.28. The molecular formula is C14H18N2O5. The lowest BCUT2D eigenvalue weighted by atomic mass is 9.86. The van der Waals surface area contributed by atoms with Crippen molar-refractivity contribution in [2.24, 2.45) is 0 Å². The molecule has 3 saturated heterocycles.